The molecule has 4 heterocycles. The minimum Gasteiger partial charge on any atom is -0.309 e. The van der Waals surface area contributed by atoms with Gasteiger partial charge < -0.3 is 4.90 Å². The first-order chi connectivity index (χ1) is 18.7. The number of aliphatic imine (C=N–C) groups is 1. The van der Waals surface area contributed by atoms with E-state index in [1.165, 1.54) is 0 Å². The molecule has 1 aromatic heterocycles. The average molecular weight is 503 g/mol. The summed E-state index contributed by atoms with van der Waals surface area (Å²) in [6.45, 7) is 4.69. The van der Waals surface area contributed by atoms with Crippen LogP contribution in [0, 0.1) is 6.92 Å². The van der Waals surface area contributed by atoms with E-state index in [1.54, 1.807) is 10.0 Å². The van der Waals surface area contributed by atoms with Gasteiger partial charge in [0.25, 0.3) is 11.9 Å². The molecule has 4 aromatic rings. The van der Waals surface area contributed by atoms with Crippen LogP contribution in [0.15, 0.2) is 100 Å². The van der Waals surface area contributed by atoms with Crippen LogP contribution in [0.5, 0.6) is 0 Å². The number of carbonyl (C=O) groups excluding carboxylic acids is 1. The van der Waals surface area contributed by atoms with Gasteiger partial charge in [-0.15, -0.1) is 0 Å². The Hall–Kier alpha value is -4.79. The molecule has 3 aliphatic rings. The lowest BCUT2D eigenvalue weighted by Crippen LogP contribution is -2.56. The zero-order valence-corrected chi connectivity index (χ0v) is 21.2. The molecule has 1 atom stereocenters. The van der Waals surface area contributed by atoms with E-state index >= 15 is 0 Å². The van der Waals surface area contributed by atoms with E-state index in [4.69, 9.17) is 10.1 Å². The molecule has 1 spiro atoms. The molecule has 0 saturated heterocycles. The first-order valence-electron chi connectivity index (χ1n) is 12.9. The van der Waals surface area contributed by atoms with Gasteiger partial charge in [0.1, 0.15) is 0 Å². The van der Waals surface area contributed by atoms with E-state index in [1.807, 2.05) is 101 Å². The number of aromatic nitrogens is 2. The molecular weight excluding hydrogens is 476 g/mol. The van der Waals surface area contributed by atoms with Crippen molar-refractivity contribution in [2.45, 2.75) is 32.2 Å². The van der Waals surface area contributed by atoms with Gasteiger partial charge in [0.2, 0.25) is 5.54 Å². The highest BCUT2D eigenvalue weighted by Gasteiger charge is 2.64. The Morgan fingerprint density at radius 1 is 0.842 bits per heavy atom. The van der Waals surface area contributed by atoms with E-state index in [-0.39, 0.29) is 5.91 Å². The topological polar surface area (TPSA) is 81.7 Å². The van der Waals surface area contributed by atoms with E-state index in [0.29, 0.717) is 18.3 Å². The summed E-state index contributed by atoms with van der Waals surface area (Å²) in [5, 5.41) is 17.4. The molecule has 0 aliphatic carbocycles. The summed E-state index contributed by atoms with van der Waals surface area (Å²) in [4.78, 5) is 21.7. The summed E-state index contributed by atoms with van der Waals surface area (Å²) in [5.41, 5.74) is 3.60. The second kappa shape index (κ2) is 8.37. The van der Waals surface area contributed by atoms with Crippen molar-refractivity contribution in [3.63, 3.8) is 0 Å². The number of carbonyl (C=O) groups is 1. The van der Waals surface area contributed by atoms with Crippen LogP contribution in [0.2, 0.25) is 0 Å². The Balaban J connectivity index is 1.53. The number of guanidine groups is 1. The fourth-order valence-electron chi connectivity index (χ4n) is 5.71. The van der Waals surface area contributed by atoms with Crippen molar-refractivity contribution in [1.29, 1.82) is 0 Å². The van der Waals surface area contributed by atoms with Crippen LogP contribution >= 0.6 is 0 Å². The van der Waals surface area contributed by atoms with E-state index < -0.39 is 5.54 Å². The van der Waals surface area contributed by atoms with Crippen LogP contribution in [0.4, 0.5) is 17.2 Å². The maximum Gasteiger partial charge on any atom is 0.264 e. The van der Waals surface area contributed by atoms with E-state index in [9.17, 15) is 4.79 Å². The lowest BCUT2D eigenvalue weighted by Gasteiger charge is -2.38. The maximum absolute atomic E-state index is 14.8. The summed E-state index contributed by atoms with van der Waals surface area (Å²) in [6, 6.07) is 27.6. The smallest absolute Gasteiger partial charge is 0.264 e. The number of rotatable bonds is 5. The normalized spacial score (nSPS) is 19.2. The number of benzene rings is 3. The second-order valence-electron chi connectivity index (χ2n) is 9.62. The molecule has 0 fully saturated rings. The van der Waals surface area contributed by atoms with Crippen molar-refractivity contribution in [3.8, 4) is 5.69 Å². The Bertz CT molecular complexity index is 1610. The van der Waals surface area contributed by atoms with Crippen molar-refractivity contribution < 1.29 is 4.79 Å². The standard InChI is InChI=1S/C29H26N8O/c1-3-4-19-34-24-18-12-11-17-23(24)29(27(34)38)25-20(2)31-35(21-13-7-5-8-14-21)26(25)30-28-36(32-33-37(28)29)22-15-9-6-10-16-22/h5-18H,3-4,19H2,1-2H3/t29-/m0/s1. The van der Waals surface area contributed by atoms with Crippen molar-refractivity contribution >= 4 is 29.1 Å². The van der Waals surface area contributed by atoms with E-state index in [0.717, 1.165) is 46.7 Å². The second-order valence-corrected chi connectivity index (χ2v) is 9.62. The minimum absolute atomic E-state index is 0.0645. The number of hydrogen-bond donors (Lipinski definition) is 0. The number of amides is 1. The zero-order chi connectivity index (χ0) is 25.9. The number of unbranched alkanes of at least 4 members (excludes halogenated alkanes) is 1. The molecule has 3 aliphatic heterocycles. The number of fused-ring (bicyclic) bond motifs is 6. The van der Waals surface area contributed by atoms with Gasteiger partial charge in [-0.05, 0) is 54.1 Å². The van der Waals surface area contributed by atoms with Gasteiger partial charge in [-0.1, -0.05) is 67.9 Å². The Labute approximate surface area is 220 Å². The molecule has 9 nitrogen and oxygen atoms in total. The van der Waals surface area contributed by atoms with Gasteiger partial charge in [-0.2, -0.15) is 20.1 Å². The van der Waals surface area contributed by atoms with Gasteiger partial charge in [0.05, 0.1) is 28.3 Å². The number of para-hydroxylation sites is 3. The molecule has 1 amide bonds. The highest BCUT2D eigenvalue weighted by Crippen LogP contribution is 2.55. The largest absolute Gasteiger partial charge is 0.309 e. The predicted molar refractivity (Wildman–Crippen MR) is 145 cm³/mol. The highest BCUT2D eigenvalue weighted by molar-refractivity contribution is 6.15. The molecule has 3 aromatic carbocycles. The van der Waals surface area contributed by atoms with Crippen molar-refractivity contribution in [2.24, 2.45) is 15.4 Å². The molecule has 9 heteroatoms. The van der Waals surface area contributed by atoms with Crippen LogP contribution in [0.3, 0.4) is 0 Å². The van der Waals surface area contributed by atoms with Crippen LogP contribution in [0.1, 0.15) is 36.6 Å². The maximum atomic E-state index is 14.8. The van der Waals surface area contributed by atoms with Gasteiger partial charge >= 0.3 is 0 Å². The van der Waals surface area contributed by atoms with Gasteiger partial charge in [-0.25, -0.2) is 4.68 Å². The number of hydrogen-bond acceptors (Lipinski definition) is 7. The fraction of sp³-hybridized carbons (Fsp3) is 0.207. The zero-order valence-electron chi connectivity index (χ0n) is 21.2. The molecular formula is C29H26N8O. The third kappa shape index (κ3) is 2.89. The lowest BCUT2D eigenvalue weighted by molar-refractivity contribution is -0.125. The van der Waals surface area contributed by atoms with Crippen molar-refractivity contribution in [2.75, 3.05) is 16.5 Å². The molecule has 7 rings (SSSR count). The SMILES string of the molecule is CCCCN1C(=O)[C@]2(c3ccccc31)c1c(C)nn(-c3ccccc3)c1N=C1N(c3ccccc3)N=NN12. The molecule has 0 radical (unpaired) electrons. The fourth-order valence-corrected chi connectivity index (χ4v) is 5.71. The Morgan fingerprint density at radius 2 is 1.53 bits per heavy atom. The van der Waals surface area contributed by atoms with E-state index in [2.05, 4.69) is 17.4 Å². The van der Waals surface area contributed by atoms with Crippen LogP contribution < -0.4 is 9.91 Å². The highest BCUT2D eigenvalue weighted by atomic mass is 16.2. The van der Waals surface area contributed by atoms with Crippen LogP contribution in [0.25, 0.3) is 5.69 Å². The van der Waals surface area contributed by atoms with Crippen molar-refractivity contribution in [3.05, 3.63) is 102 Å². The Morgan fingerprint density at radius 3 is 2.26 bits per heavy atom. The third-order valence-electron chi connectivity index (χ3n) is 7.40. The average Bonchev–Trinajstić information content (AvgIpc) is 3.61. The predicted octanol–water partition coefficient (Wildman–Crippen LogP) is 5.68. The number of anilines is 2. The Kier molecular flexibility index (Phi) is 4.94. The number of nitrogens with zero attached hydrogens (tertiary/aromatic N) is 8. The van der Waals surface area contributed by atoms with Gasteiger partial charge in [-0.3, -0.25) is 4.79 Å². The quantitative estimate of drug-likeness (QED) is 0.352. The molecule has 38 heavy (non-hydrogen) atoms. The molecule has 0 N–H and O–H groups in total. The number of aryl methyl sites for hydroxylation is 1. The monoisotopic (exact) mass is 502 g/mol. The summed E-state index contributed by atoms with van der Waals surface area (Å²) in [5.74, 6) is 1.00. The van der Waals surface area contributed by atoms with Crippen LogP contribution in [-0.4, -0.2) is 33.2 Å². The summed E-state index contributed by atoms with van der Waals surface area (Å²) in [6.07, 6.45) is 1.87. The van der Waals surface area contributed by atoms with Gasteiger partial charge in [0, 0.05) is 12.1 Å². The van der Waals surface area contributed by atoms with Gasteiger partial charge in [0.15, 0.2) is 5.82 Å². The summed E-state index contributed by atoms with van der Waals surface area (Å²) in [7, 11) is 0. The first-order valence-corrected chi connectivity index (χ1v) is 12.9. The molecule has 188 valence electrons. The third-order valence-corrected chi connectivity index (χ3v) is 7.40. The van der Waals surface area contributed by atoms with Crippen LogP contribution in [-0.2, 0) is 10.3 Å². The lowest BCUT2D eigenvalue weighted by atomic mass is 9.82. The minimum atomic E-state index is -1.28. The summed E-state index contributed by atoms with van der Waals surface area (Å²) >= 11 is 0. The molecule has 0 bridgehead atoms. The summed E-state index contributed by atoms with van der Waals surface area (Å²) < 4.78 is 1.82. The molecule has 0 unspecified atom stereocenters. The van der Waals surface area contributed by atoms with Crippen molar-refractivity contribution in [1.82, 2.24) is 14.8 Å². The first kappa shape index (κ1) is 22.4. The molecule has 0 saturated carbocycles.